The summed E-state index contributed by atoms with van der Waals surface area (Å²) in [5, 5.41) is 14.8. The molecule has 0 aliphatic rings. The van der Waals surface area contributed by atoms with Gasteiger partial charge < -0.3 is 9.84 Å². The van der Waals surface area contributed by atoms with Crippen LogP contribution in [-0.4, -0.2) is 34.9 Å². The highest BCUT2D eigenvalue weighted by molar-refractivity contribution is 5.80. The second-order valence-electron chi connectivity index (χ2n) is 8.20. The Labute approximate surface area is 194 Å². The number of hydrogen-bond donors (Lipinski definition) is 1. The molecule has 1 aromatic heterocycles. The van der Waals surface area contributed by atoms with E-state index in [-0.39, 0.29) is 17.1 Å². The molecule has 0 radical (unpaired) electrons. The van der Waals surface area contributed by atoms with Crippen molar-refractivity contribution < 1.29 is 27.4 Å². The van der Waals surface area contributed by atoms with E-state index in [1.165, 1.54) is 32.2 Å². The van der Waals surface area contributed by atoms with E-state index in [1.807, 2.05) is 13.0 Å². The summed E-state index contributed by atoms with van der Waals surface area (Å²) in [4.78, 5) is 12.3. The predicted octanol–water partition coefficient (Wildman–Crippen LogP) is 5.28. The van der Waals surface area contributed by atoms with Gasteiger partial charge in [0.1, 0.15) is 17.1 Å². The van der Waals surface area contributed by atoms with Gasteiger partial charge in [0.2, 0.25) is 5.60 Å². The van der Waals surface area contributed by atoms with E-state index in [4.69, 9.17) is 4.74 Å². The number of aliphatic hydroxyl groups is 1. The third-order valence-corrected chi connectivity index (χ3v) is 6.31. The first-order chi connectivity index (χ1) is 16.0. The Bertz CT molecular complexity index is 1270. The standard InChI is InChI=1S/C25H26F4N2O3/c1-5-17-8-6-10-19(23(17)34-4)15(2)16(3)24(33,25(27,28)29)14-30-31-21(32)13-12-18-9-7-11-20(26)22(18)31/h6-16,33H,5H2,1-4H3. The number of hydrogen-bond acceptors (Lipinski definition) is 4. The molecule has 5 nitrogen and oxygen atoms in total. The number of para-hydroxylation sites is 2. The van der Waals surface area contributed by atoms with Gasteiger partial charge >= 0.3 is 6.18 Å². The third kappa shape index (κ3) is 4.44. The Morgan fingerprint density at radius 2 is 1.79 bits per heavy atom. The molecule has 0 spiro atoms. The Hall–Kier alpha value is -3.20. The molecule has 0 aliphatic heterocycles. The summed E-state index contributed by atoms with van der Waals surface area (Å²) in [5.74, 6) is -2.63. The molecule has 1 N–H and O–H groups in total. The minimum absolute atomic E-state index is 0.273. The molecule has 0 saturated heterocycles. The molecule has 182 valence electrons. The molecule has 34 heavy (non-hydrogen) atoms. The van der Waals surface area contributed by atoms with Crippen LogP contribution in [0.3, 0.4) is 0 Å². The van der Waals surface area contributed by atoms with Crippen LogP contribution >= 0.6 is 0 Å². The normalized spacial score (nSPS) is 15.9. The number of rotatable bonds is 7. The summed E-state index contributed by atoms with van der Waals surface area (Å²) in [6, 6.07) is 11.6. The Morgan fingerprint density at radius 1 is 1.12 bits per heavy atom. The third-order valence-electron chi connectivity index (χ3n) is 6.31. The molecule has 0 amide bonds. The highest BCUT2D eigenvalue weighted by atomic mass is 19.4. The molecule has 3 unspecified atom stereocenters. The molecule has 0 fully saturated rings. The monoisotopic (exact) mass is 478 g/mol. The smallest absolute Gasteiger partial charge is 0.422 e. The van der Waals surface area contributed by atoms with Gasteiger partial charge in [0, 0.05) is 17.4 Å². The highest BCUT2D eigenvalue weighted by Crippen LogP contribution is 2.44. The van der Waals surface area contributed by atoms with Crippen LogP contribution < -0.4 is 10.3 Å². The van der Waals surface area contributed by atoms with Crippen molar-refractivity contribution in [2.24, 2.45) is 11.0 Å². The zero-order valence-corrected chi connectivity index (χ0v) is 19.2. The number of halogens is 4. The Kier molecular flexibility index (Phi) is 7.16. The SMILES string of the molecule is CCc1cccc(C(C)C(C)C(O)(C=Nn2c(=O)ccc3cccc(F)c32)C(F)(F)F)c1OC. The van der Waals surface area contributed by atoms with E-state index in [9.17, 15) is 27.5 Å². The second-order valence-corrected chi connectivity index (χ2v) is 8.20. The molecule has 0 bridgehead atoms. The van der Waals surface area contributed by atoms with Gasteiger partial charge in [-0.2, -0.15) is 22.9 Å². The van der Waals surface area contributed by atoms with Crippen molar-refractivity contribution in [3.8, 4) is 5.75 Å². The minimum atomic E-state index is -5.13. The first-order valence-electron chi connectivity index (χ1n) is 10.8. The maximum atomic E-state index is 14.4. The number of aromatic nitrogens is 1. The molecule has 3 rings (SSSR count). The quantitative estimate of drug-likeness (QED) is 0.371. The van der Waals surface area contributed by atoms with Crippen LogP contribution in [-0.2, 0) is 6.42 Å². The van der Waals surface area contributed by atoms with Crippen molar-refractivity contribution >= 4 is 17.1 Å². The Balaban J connectivity index is 2.13. The lowest BCUT2D eigenvalue weighted by molar-refractivity contribution is -0.246. The summed E-state index contributed by atoms with van der Waals surface area (Å²) >= 11 is 0. The van der Waals surface area contributed by atoms with Gasteiger partial charge in [-0.3, -0.25) is 4.79 Å². The molecule has 3 aromatic rings. The molecular formula is C25H26F4N2O3. The minimum Gasteiger partial charge on any atom is -0.496 e. The van der Waals surface area contributed by atoms with E-state index in [1.54, 1.807) is 19.1 Å². The van der Waals surface area contributed by atoms with Gasteiger partial charge in [0.05, 0.1) is 13.3 Å². The summed E-state index contributed by atoms with van der Waals surface area (Å²) in [5.41, 5.74) is -3.22. The van der Waals surface area contributed by atoms with Crippen LogP contribution in [0.2, 0.25) is 0 Å². The van der Waals surface area contributed by atoms with E-state index in [0.717, 1.165) is 17.7 Å². The number of fused-ring (bicyclic) bond motifs is 1. The molecule has 9 heteroatoms. The van der Waals surface area contributed by atoms with Crippen LogP contribution in [0.1, 0.15) is 37.8 Å². The number of alkyl halides is 3. The number of pyridine rings is 1. The lowest BCUT2D eigenvalue weighted by atomic mass is 9.76. The predicted molar refractivity (Wildman–Crippen MR) is 123 cm³/mol. The van der Waals surface area contributed by atoms with E-state index < -0.39 is 35.0 Å². The number of ether oxygens (including phenoxy) is 1. The number of benzene rings is 2. The van der Waals surface area contributed by atoms with Crippen molar-refractivity contribution in [3.63, 3.8) is 0 Å². The van der Waals surface area contributed by atoms with E-state index in [0.29, 0.717) is 22.4 Å². The van der Waals surface area contributed by atoms with Gasteiger partial charge in [0.15, 0.2) is 0 Å². The zero-order valence-electron chi connectivity index (χ0n) is 19.2. The number of nitrogens with zero attached hydrogens (tertiary/aromatic N) is 2. The summed E-state index contributed by atoms with van der Waals surface area (Å²) < 4.78 is 63.1. The highest BCUT2D eigenvalue weighted by Gasteiger charge is 2.58. The van der Waals surface area contributed by atoms with Crippen LogP contribution in [0.25, 0.3) is 10.9 Å². The maximum Gasteiger partial charge on any atom is 0.422 e. The fourth-order valence-corrected chi connectivity index (χ4v) is 4.08. The molecule has 1 heterocycles. The van der Waals surface area contributed by atoms with E-state index >= 15 is 0 Å². The fraction of sp³-hybridized carbons (Fsp3) is 0.360. The molecule has 0 saturated carbocycles. The molecular weight excluding hydrogens is 452 g/mol. The van der Waals surface area contributed by atoms with Crippen LogP contribution in [0.4, 0.5) is 17.6 Å². The first-order valence-corrected chi connectivity index (χ1v) is 10.8. The number of aryl methyl sites for hydroxylation is 1. The average molecular weight is 478 g/mol. The fourth-order valence-electron chi connectivity index (χ4n) is 4.08. The summed E-state index contributed by atoms with van der Waals surface area (Å²) in [6.45, 7) is 4.69. The Morgan fingerprint density at radius 3 is 2.41 bits per heavy atom. The van der Waals surface area contributed by atoms with Crippen molar-refractivity contribution in [2.45, 2.75) is 44.9 Å². The molecule has 0 aliphatic carbocycles. The van der Waals surface area contributed by atoms with Gasteiger partial charge in [-0.15, -0.1) is 0 Å². The zero-order chi connectivity index (χ0) is 25.3. The van der Waals surface area contributed by atoms with Crippen LogP contribution in [0, 0.1) is 11.7 Å². The van der Waals surface area contributed by atoms with Crippen molar-refractivity contribution in [1.29, 1.82) is 0 Å². The molecule has 3 atom stereocenters. The maximum absolute atomic E-state index is 14.4. The van der Waals surface area contributed by atoms with Crippen LogP contribution in [0.5, 0.6) is 5.75 Å². The topological polar surface area (TPSA) is 63.8 Å². The lowest BCUT2D eigenvalue weighted by Gasteiger charge is -2.36. The van der Waals surface area contributed by atoms with Gasteiger partial charge in [-0.25, -0.2) is 4.39 Å². The van der Waals surface area contributed by atoms with Gasteiger partial charge in [0.25, 0.3) is 5.56 Å². The number of methoxy groups -OCH3 is 1. The van der Waals surface area contributed by atoms with Crippen molar-refractivity contribution in [1.82, 2.24) is 4.68 Å². The van der Waals surface area contributed by atoms with Crippen molar-refractivity contribution in [2.75, 3.05) is 7.11 Å². The second kappa shape index (κ2) is 9.58. The summed E-state index contributed by atoms with van der Waals surface area (Å²) in [7, 11) is 1.44. The van der Waals surface area contributed by atoms with Crippen molar-refractivity contribution in [3.05, 3.63) is 75.8 Å². The van der Waals surface area contributed by atoms with Gasteiger partial charge in [-0.1, -0.05) is 51.1 Å². The first kappa shape index (κ1) is 25.4. The summed E-state index contributed by atoms with van der Waals surface area (Å²) in [6.07, 6.45) is -4.25. The van der Waals surface area contributed by atoms with Gasteiger partial charge in [-0.05, 0) is 35.6 Å². The molecule has 2 aromatic carbocycles. The van der Waals surface area contributed by atoms with E-state index in [2.05, 4.69) is 5.10 Å². The largest absolute Gasteiger partial charge is 0.496 e. The van der Waals surface area contributed by atoms with Crippen LogP contribution in [0.15, 0.2) is 58.4 Å². The average Bonchev–Trinajstić information content (AvgIpc) is 2.81. The lowest BCUT2D eigenvalue weighted by Crippen LogP contribution is -2.53.